The molecule has 1 aliphatic heterocycles. The fraction of sp³-hybridized carbons (Fsp3) is 0.647. The molecule has 0 amide bonds. The van der Waals surface area contributed by atoms with E-state index in [0.717, 1.165) is 45.0 Å². The van der Waals surface area contributed by atoms with Crippen molar-refractivity contribution in [2.45, 2.75) is 38.3 Å². The molecular formula is C17H27NO3. The zero-order valence-electron chi connectivity index (χ0n) is 13.4. The maximum absolute atomic E-state index is 6.22. The lowest BCUT2D eigenvalue weighted by Gasteiger charge is -2.43. The fourth-order valence-electron chi connectivity index (χ4n) is 3.13. The molecule has 0 spiro atoms. The van der Waals surface area contributed by atoms with Crippen molar-refractivity contribution in [2.24, 2.45) is 0 Å². The van der Waals surface area contributed by atoms with E-state index in [-0.39, 0.29) is 11.6 Å². The third-order valence-corrected chi connectivity index (χ3v) is 4.15. The molecule has 1 N–H and O–H groups in total. The van der Waals surface area contributed by atoms with Gasteiger partial charge in [-0.05, 0) is 31.2 Å². The van der Waals surface area contributed by atoms with E-state index >= 15 is 0 Å². The first kappa shape index (κ1) is 16.3. The second kappa shape index (κ2) is 7.78. The molecule has 0 radical (unpaired) electrons. The summed E-state index contributed by atoms with van der Waals surface area (Å²) in [7, 11) is 1.69. The Kier molecular flexibility index (Phi) is 6.03. The van der Waals surface area contributed by atoms with Gasteiger partial charge < -0.3 is 19.5 Å². The minimum atomic E-state index is -0.183. The normalized spacial score (nSPS) is 19.2. The average molecular weight is 293 g/mol. The van der Waals surface area contributed by atoms with Gasteiger partial charge in [-0.2, -0.15) is 0 Å². The smallest absolute Gasteiger partial charge is 0.118 e. The minimum Gasteiger partial charge on any atom is -0.497 e. The van der Waals surface area contributed by atoms with Crippen molar-refractivity contribution in [1.82, 2.24) is 5.32 Å². The Bertz CT molecular complexity index is 407. The van der Waals surface area contributed by atoms with Crippen LogP contribution in [0.1, 0.15) is 38.3 Å². The molecule has 1 aromatic rings. The van der Waals surface area contributed by atoms with Crippen LogP contribution < -0.4 is 10.1 Å². The van der Waals surface area contributed by atoms with Gasteiger partial charge in [0.2, 0.25) is 0 Å². The van der Waals surface area contributed by atoms with E-state index in [1.54, 1.807) is 7.11 Å². The van der Waals surface area contributed by atoms with E-state index in [4.69, 9.17) is 14.2 Å². The Morgan fingerprint density at radius 3 is 2.38 bits per heavy atom. The Labute approximate surface area is 127 Å². The van der Waals surface area contributed by atoms with Gasteiger partial charge in [0.05, 0.1) is 18.8 Å². The predicted molar refractivity (Wildman–Crippen MR) is 83.8 cm³/mol. The second-order valence-corrected chi connectivity index (χ2v) is 5.37. The number of benzene rings is 1. The molecule has 1 saturated heterocycles. The number of likely N-dealkylation sites (N-methyl/N-ethyl adjacent to an activating group) is 1. The summed E-state index contributed by atoms with van der Waals surface area (Å²) >= 11 is 0. The zero-order chi connectivity index (χ0) is 15.1. The van der Waals surface area contributed by atoms with Crippen LogP contribution in [0.5, 0.6) is 5.75 Å². The van der Waals surface area contributed by atoms with Crippen molar-refractivity contribution in [3.05, 3.63) is 29.8 Å². The molecule has 0 bridgehead atoms. The molecule has 2 rings (SSSR count). The molecule has 4 heteroatoms. The zero-order valence-corrected chi connectivity index (χ0v) is 13.4. The molecule has 1 aromatic carbocycles. The first-order valence-corrected chi connectivity index (χ1v) is 7.84. The molecule has 21 heavy (non-hydrogen) atoms. The van der Waals surface area contributed by atoms with Gasteiger partial charge in [-0.15, -0.1) is 0 Å². The number of hydrogen-bond acceptors (Lipinski definition) is 4. The van der Waals surface area contributed by atoms with Gasteiger partial charge in [-0.25, -0.2) is 0 Å². The fourth-order valence-corrected chi connectivity index (χ4v) is 3.13. The van der Waals surface area contributed by atoms with Crippen LogP contribution in [0, 0.1) is 0 Å². The van der Waals surface area contributed by atoms with Gasteiger partial charge in [-0.1, -0.05) is 19.1 Å². The Morgan fingerprint density at radius 1 is 1.19 bits per heavy atom. The molecule has 118 valence electrons. The number of nitrogens with one attached hydrogen (secondary N) is 1. The lowest BCUT2D eigenvalue weighted by Crippen LogP contribution is -2.50. The first-order valence-electron chi connectivity index (χ1n) is 7.84. The molecule has 1 atom stereocenters. The average Bonchev–Trinajstić information content (AvgIpc) is 2.54. The molecular weight excluding hydrogens is 266 g/mol. The summed E-state index contributed by atoms with van der Waals surface area (Å²) < 4.78 is 17.0. The van der Waals surface area contributed by atoms with Crippen LogP contribution in [0.2, 0.25) is 0 Å². The van der Waals surface area contributed by atoms with Crippen LogP contribution in [-0.2, 0) is 9.47 Å². The number of ether oxygens (including phenoxy) is 3. The van der Waals surface area contributed by atoms with Crippen LogP contribution in [0.3, 0.4) is 0 Å². The van der Waals surface area contributed by atoms with Gasteiger partial charge >= 0.3 is 0 Å². The van der Waals surface area contributed by atoms with Crippen molar-refractivity contribution >= 4 is 0 Å². The van der Waals surface area contributed by atoms with Crippen molar-refractivity contribution in [2.75, 3.05) is 33.5 Å². The SMILES string of the molecule is CCNC(c1ccc(OC)cc1)C1(OCC)CCOCC1. The number of rotatable bonds is 7. The highest BCUT2D eigenvalue weighted by molar-refractivity contribution is 5.31. The van der Waals surface area contributed by atoms with Crippen LogP contribution in [0.15, 0.2) is 24.3 Å². The lowest BCUT2D eigenvalue weighted by atomic mass is 9.82. The van der Waals surface area contributed by atoms with E-state index in [9.17, 15) is 0 Å². The third-order valence-electron chi connectivity index (χ3n) is 4.15. The van der Waals surface area contributed by atoms with Gasteiger partial charge in [0, 0.05) is 32.7 Å². The Morgan fingerprint density at radius 2 is 1.86 bits per heavy atom. The van der Waals surface area contributed by atoms with Crippen molar-refractivity contribution in [3.63, 3.8) is 0 Å². The number of methoxy groups -OCH3 is 1. The maximum atomic E-state index is 6.22. The van der Waals surface area contributed by atoms with Crippen LogP contribution in [0.4, 0.5) is 0 Å². The molecule has 1 unspecified atom stereocenters. The summed E-state index contributed by atoms with van der Waals surface area (Å²) in [6.07, 6.45) is 1.84. The number of hydrogen-bond donors (Lipinski definition) is 1. The summed E-state index contributed by atoms with van der Waals surface area (Å²) in [6.45, 7) is 7.35. The van der Waals surface area contributed by atoms with Gasteiger partial charge in [0.15, 0.2) is 0 Å². The van der Waals surface area contributed by atoms with Crippen LogP contribution in [-0.4, -0.2) is 39.1 Å². The van der Waals surface area contributed by atoms with Crippen LogP contribution >= 0.6 is 0 Å². The van der Waals surface area contributed by atoms with Crippen LogP contribution in [0.25, 0.3) is 0 Å². The predicted octanol–water partition coefficient (Wildman–Crippen LogP) is 2.93. The van der Waals surface area contributed by atoms with Gasteiger partial charge in [0.25, 0.3) is 0 Å². The van der Waals surface area contributed by atoms with E-state index in [1.165, 1.54) is 5.56 Å². The van der Waals surface area contributed by atoms with E-state index in [0.29, 0.717) is 0 Å². The van der Waals surface area contributed by atoms with E-state index in [1.807, 2.05) is 12.1 Å². The van der Waals surface area contributed by atoms with Gasteiger partial charge in [0.1, 0.15) is 5.75 Å². The maximum Gasteiger partial charge on any atom is 0.118 e. The molecule has 0 aromatic heterocycles. The summed E-state index contributed by atoms with van der Waals surface area (Å²) in [6, 6.07) is 8.46. The van der Waals surface area contributed by atoms with E-state index in [2.05, 4.69) is 31.3 Å². The van der Waals surface area contributed by atoms with Crippen molar-refractivity contribution < 1.29 is 14.2 Å². The molecule has 0 saturated carbocycles. The summed E-state index contributed by atoms with van der Waals surface area (Å²) in [5, 5.41) is 3.61. The largest absolute Gasteiger partial charge is 0.497 e. The first-order chi connectivity index (χ1) is 10.3. The topological polar surface area (TPSA) is 39.7 Å². The molecule has 1 aliphatic rings. The third kappa shape index (κ3) is 3.76. The van der Waals surface area contributed by atoms with E-state index < -0.39 is 0 Å². The highest BCUT2D eigenvalue weighted by Crippen LogP contribution is 2.38. The lowest BCUT2D eigenvalue weighted by molar-refractivity contribution is -0.127. The van der Waals surface area contributed by atoms with Gasteiger partial charge in [-0.3, -0.25) is 0 Å². The summed E-state index contributed by atoms with van der Waals surface area (Å²) in [5.41, 5.74) is 1.06. The van der Waals surface area contributed by atoms with Crippen molar-refractivity contribution in [3.8, 4) is 5.75 Å². The quantitative estimate of drug-likeness (QED) is 0.839. The van der Waals surface area contributed by atoms with Crippen molar-refractivity contribution in [1.29, 1.82) is 0 Å². The molecule has 0 aliphatic carbocycles. The second-order valence-electron chi connectivity index (χ2n) is 5.37. The molecule has 1 heterocycles. The standard InChI is InChI=1S/C17H27NO3/c1-4-18-16(14-6-8-15(19-3)9-7-14)17(21-5-2)10-12-20-13-11-17/h6-9,16,18H,4-5,10-13H2,1-3H3. The highest BCUT2D eigenvalue weighted by Gasteiger charge is 2.41. The molecule has 1 fully saturated rings. The Balaban J connectivity index is 2.29. The summed E-state index contributed by atoms with van der Waals surface area (Å²) in [5.74, 6) is 0.881. The summed E-state index contributed by atoms with van der Waals surface area (Å²) in [4.78, 5) is 0. The monoisotopic (exact) mass is 293 g/mol. The highest BCUT2D eigenvalue weighted by atomic mass is 16.5. The molecule has 4 nitrogen and oxygen atoms in total. The minimum absolute atomic E-state index is 0.178. The Hall–Kier alpha value is -1.10.